The van der Waals surface area contributed by atoms with Crippen LogP contribution < -0.4 is 0 Å². The van der Waals surface area contributed by atoms with Gasteiger partial charge < -0.3 is 9.88 Å². The minimum atomic E-state index is -0.550. The Labute approximate surface area is 154 Å². The number of amides is 1. The lowest BCUT2D eigenvalue weighted by molar-refractivity contribution is 0.0712. The van der Waals surface area contributed by atoms with Gasteiger partial charge in [0, 0.05) is 30.2 Å². The van der Waals surface area contributed by atoms with Crippen molar-refractivity contribution < 1.29 is 13.6 Å². The third-order valence-corrected chi connectivity index (χ3v) is 5.10. The maximum Gasteiger partial charge on any atom is 0.255 e. The van der Waals surface area contributed by atoms with Crippen LogP contribution in [0.4, 0.5) is 8.78 Å². The van der Waals surface area contributed by atoms with Crippen molar-refractivity contribution in [2.24, 2.45) is 0 Å². The van der Waals surface area contributed by atoms with Crippen molar-refractivity contribution in [1.29, 1.82) is 5.26 Å². The molecule has 136 valence electrons. The molecular formula is C20H16F2N4O. The molecule has 0 unspecified atom stereocenters. The first kappa shape index (κ1) is 17.2. The largest absolute Gasteiger partial charge is 0.346 e. The van der Waals surface area contributed by atoms with Crippen LogP contribution in [-0.4, -0.2) is 33.9 Å². The predicted molar refractivity (Wildman–Crippen MR) is 95.0 cm³/mol. The van der Waals surface area contributed by atoms with Gasteiger partial charge in [0.15, 0.2) is 0 Å². The molecule has 1 amide bonds. The molecule has 3 aromatic rings. The summed E-state index contributed by atoms with van der Waals surface area (Å²) in [6.45, 7) is 0.888. The van der Waals surface area contributed by atoms with E-state index in [1.807, 2.05) is 12.1 Å². The molecule has 0 spiro atoms. The summed E-state index contributed by atoms with van der Waals surface area (Å²) < 4.78 is 27.7. The normalized spacial score (nSPS) is 15.1. The summed E-state index contributed by atoms with van der Waals surface area (Å²) >= 11 is 0. The molecular weight excluding hydrogens is 350 g/mol. The number of piperidine rings is 1. The number of H-pyrrole nitrogens is 1. The van der Waals surface area contributed by atoms with Crippen LogP contribution in [0, 0.1) is 23.0 Å². The minimum Gasteiger partial charge on any atom is -0.346 e. The molecule has 1 saturated heterocycles. The summed E-state index contributed by atoms with van der Waals surface area (Å²) in [5, 5.41) is 9.92. The second-order valence-corrected chi connectivity index (χ2v) is 6.63. The highest BCUT2D eigenvalue weighted by Gasteiger charge is 2.28. The monoisotopic (exact) mass is 366 g/mol. The van der Waals surface area contributed by atoms with Crippen molar-refractivity contribution in [1.82, 2.24) is 14.9 Å². The second kappa shape index (κ2) is 6.80. The highest BCUT2D eigenvalue weighted by molar-refractivity contribution is 5.96. The average Bonchev–Trinajstić information content (AvgIpc) is 3.16. The number of carbonyl (C=O) groups is 1. The molecule has 0 atom stereocenters. The number of pyridine rings is 1. The zero-order valence-corrected chi connectivity index (χ0v) is 14.4. The molecule has 0 radical (unpaired) electrons. The number of likely N-dealkylation sites (tertiary alicyclic amines) is 1. The molecule has 3 heterocycles. The Morgan fingerprint density at radius 3 is 2.78 bits per heavy atom. The summed E-state index contributed by atoms with van der Waals surface area (Å²) in [7, 11) is 0. The van der Waals surface area contributed by atoms with Gasteiger partial charge in [0.1, 0.15) is 23.4 Å². The lowest BCUT2D eigenvalue weighted by Gasteiger charge is -2.32. The topological polar surface area (TPSA) is 72.8 Å². The summed E-state index contributed by atoms with van der Waals surface area (Å²) in [6.07, 6.45) is 4.17. The summed E-state index contributed by atoms with van der Waals surface area (Å²) in [5.41, 5.74) is 1.50. The number of nitrogens with one attached hydrogen (secondary N) is 1. The van der Waals surface area contributed by atoms with E-state index in [-0.39, 0.29) is 28.8 Å². The van der Waals surface area contributed by atoms with E-state index in [1.54, 1.807) is 11.1 Å². The van der Waals surface area contributed by atoms with Gasteiger partial charge in [-0.05, 0) is 43.0 Å². The zero-order valence-electron chi connectivity index (χ0n) is 14.4. The summed E-state index contributed by atoms with van der Waals surface area (Å²) in [4.78, 5) is 21.4. The Bertz CT molecular complexity index is 1060. The Balaban J connectivity index is 1.54. The molecule has 1 aliphatic heterocycles. The van der Waals surface area contributed by atoms with Gasteiger partial charge in [-0.3, -0.25) is 4.79 Å². The van der Waals surface area contributed by atoms with E-state index in [2.05, 4.69) is 9.97 Å². The van der Waals surface area contributed by atoms with E-state index < -0.39 is 5.82 Å². The molecule has 1 aromatic carbocycles. The highest BCUT2D eigenvalue weighted by atomic mass is 19.1. The Hall–Kier alpha value is -3.27. The molecule has 5 nitrogen and oxygen atoms in total. The van der Waals surface area contributed by atoms with Crippen LogP contribution in [0.1, 0.15) is 40.2 Å². The van der Waals surface area contributed by atoms with Gasteiger partial charge in [0.25, 0.3) is 5.91 Å². The number of hydrogen-bond donors (Lipinski definition) is 1. The van der Waals surface area contributed by atoms with E-state index in [0.29, 0.717) is 37.1 Å². The van der Waals surface area contributed by atoms with Gasteiger partial charge in [0.05, 0.1) is 17.3 Å². The first-order valence-electron chi connectivity index (χ1n) is 8.69. The molecule has 0 saturated carbocycles. The van der Waals surface area contributed by atoms with E-state index in [1.165, 1.54) is 18.3 Å². The van der Waals surface area contributed by atoms with Crippen molar-refractivity contribution >= 4 is 16.9 Å². The van der Waals surface area contributed by atoms with Gasteiger partial charge in [-0.25, -0.2) is 13.8 Å². The van der Waals surface area contributed by atoms with Crippen LogP contribution in [0.3, 0.4) is 0 Å². The van der Waals surface area contributed by atoms with E-state index >= 15 is 0 Å². The van der Waals surface area contributed by atoms with Gasteiger partial charge >= 0.3 is 0 Å². The molecule has 1 N–H and O–H groups in total. The average molecular weight is 366 g/mol. The van der Waals surface area contributed by atoms with Crippen LogP contribution >= 0.6 is 0 Å². The lowest BCUT2D eigenvalue weighted by atomic mass is 9.87. The Kier molecular flexibility index (Phi) is 4.32. The fourth-order valence-corrected chi connectivity index (χ4v) is 3.76. The first-order chi connectivity index (χ1) is 13.1. The molecule has 1 fully saturated rings. The highest BCUT2D eigenvalue weighted by Crippen LogP contribution is 2.34. The molecule has 1 aliphatic rings. The van der Waals surface area contributed by atoms with Crippen LogP contribution in [-0.2, 0) is 0 Å². The van der Waals surface area contributed by atoms with Gasteiger partial charge in [0.2, 0.25) is 0 Å². The molecule has 4 rings (SSSR count). The molecule has 7 heteroatoms. The van der Waals surface area contributed by atoms with E-state index in [0.717, 1.165) is 11.5 Å². The number of nitriles is 1. The van der Waals surface area contributed by atoms with Crippen molar-refractivity contribution in [3.8, 4) is 6.07 Å². The number of fused-ring (bicyclic) bond motifs is 1. The third-order valence-electron chi connectivity index (χ3n) is 5.10. The maximum absolute atomic E-state index is 14.4. The number of rotatable bonds is 2. The van der Waals surface area contributed by atoms with Crippen LogP contribution in [0.2, 0.25) is 0 Å². The van der Waals surface area contributed by atoms with Crippen molar-refractivity contribution in [2.75, 3.05) is 13.1 Å². The van der Waals surface area contributed by atoms with Crippen molar-refractivity contribution in [3.05, 3.63) is 65.0 Å². The predicted octanol–water partition coefficient (Wildman–Crippen LogP) is 3.73. The standard InChI is InChI=1S/C20H16F2N4O/c21-14-1-2-15(13(9-14)10-23)20(27)26-7-4-12(5-8-26)18-16-3-6-24-19(16)25-11-17(18)22/h1-3,6,9,11-12H,4-5,7-8H2,(H,24,25). The molecule has 2 aromatic heterocycles. The Morgan fingerprint density at radius 1 is 1.26 bits per heavy atom. The second-order valence-electron chi connectivity index (χ2n) is 6.63. The number of carbonyl (C=O) groups excluding carboxylic acids is 1. The molecule has 27 heavy (non-hydrogen) atoms. The fourth-order valence-electron chi connectivity index (χ4n) is 3.76. The van der Waals surface area contributed by atoms with Gasteiger partial charge in [-0.1, -0.05) is 0 Å². The quantitative estimate of drug-likeness (QED) is 0.751. The summed E-state index contributed by atoms with van der Waals surface area (Å²) in [5.74, 6) is -1.20. The van der Waals surface area contributed by atoms with Gasteiger partial charge in [-0.15, -0.1) is 0 Å². The SMILES string of the molecule is N#Cc1cc(F)ccc1C(=O)N1CCC(c2c(F)cnc3[nH]ccc23)CC1. The molecule has 0 aliphatic carbocycles. The number of aromatic nitrogens is 2. The molecule has 0 bridgehead atoms. The first-order valence-corrected chi connectivity index (χ1v) is 8.69. The number of aromatic amines is 1. The number of benzene rings is 1. The third kappa shape index (κ3) is 3.04. The van der Waals surface area contributed by atoms with E-state index in [9.17, 15) is 13.6 Å². The minimum absolute atomic E-state index is 0.0148. The summed E-state index contributed by atoms with van der Waals surface area (Å²) in [6, 6.07) is 7.27. The smallest absolute Gasteiger partial charge is 0.255 e. The zero-order chi connectivity index (χ0) is 19.0. The fraction of sp³-hybridized carbons (Fsp3) is 0.250. The number of hydrogen-bond acceptors (Lipinski definition) is 3. The number of halogens is 2. The van der Waals surface area contributed by atoms with Crippen molar-refractivity contribution in [2.45, 2.75) is 18.8 Å². The van der Waals surface area contributed by atoms with Crippen LogP contribution in [0.25, 0.3) is 11.0 Å². The van der Waals surface area contributed by atoms with Crippen LogP contribution in [0.5, 0.6) is 0 Å². The van der Waals surface area contributed by atoms with E-state index in [4.69, 9.17) is 5.26 Å². The van der Waals surface area contributed by atoms with Crippen LogP contribution in [0.15, 0.2) is 36.7 Å². The van der Waals surface area contributed by atoms with Gasteiger partial charge in [-0.2, -0.15) is 5.26 Å². The Morgan fingerprint density at radius 2 is 2.04 bits per heavy atom. The number of nitrogens with zero attached hydrogens (tertiary/aromatic N) is 3. The van der Waals surface area contributed by atoms with Crippen molar-refractivity contribution in [3.63, 3.8) is 0 Å². The maximum atomic E-state index is 14.4. The lowest BCUT2D eigenvalue weighted by Crippen LogP contribution is -2.38.